The summed E-state index contributed by atoms with van der Waals surface area (Å²) in [6.45, 7) is 1.96. The first-order chi connectivity index (χ1) is 7.74. The van der Waals surface area contributed by atoms with Crippen molar-refractivity contribution in [3.8, 4) is 11.4 Å². The van der Waals surface area contributed by atoms with Crippen molar-refractivity contribution in [2.24, 2.45) is 0 Å². The van der Waals surface area contributed by atoms with E-state index < -0.39 is 0 Å². The molecule has 0 aliphatic heterocycles. The van der Waals surface area contributed by atoms with Gasteiger partial charge in [-0.15, -0.1) is 0 Å². The van der Waals surface area contributed by atoms with Gasteiger partial charge in [0.25, 0.3) is 5.56 Å². The van der Waals surface area contributed by atoms with Crippen LogP contribution in [0.4, 0.5) is 0 Å². The Morgan fingerprint density at radius 1 is 1.31 bits per heavy atom. The van der Waals surface area contributed by atoms with Gasteiger partial charge >= 0.3 is 0 Å². The number of rotatable bonds is 3. The number of methoxy groups -OCH3 is 1. The molecule has 0 radical (unpaired) electrons. The molecule has 0 atom stereocenters. The summed E-state index contributed by atoms with van der Waals surface area (Å²) in [6.07, 6.45) is 2.56. The van der Waals surface area contributed by atoms with Gasteiger partial charge in [-0.1, -0.05) is 6.92 Å². The molecule has 16 heavy (non-hydrogen) atoms. The fraction of sp³-hybridized carbons (Fsp3) is 0.250. The van der Waals surface area contributed by atoms with Crippen LogP contribution in [0.2, 0.25) is 0 Å². The molecule has 1 heterocycles. The summed E-state index contributed by atoms with van der Waals surface area (Å²) in [4.78, 5) is 11.5. The van der Waals surface area contributed by atoms with E-state index in [0.29, 0.717) is 0 Å². The van der Waals surface area contributed by atoms with E-state index in [2.05, 4.69) is 5.10 Å². The summed E-state index contributed by atoms with van der Waals surface area (Å²) in [5.41, 5.74) is 1.67. The molecule has 0 saturated carbocycles. The Labute approximate surface area is 93.5 Å². The second kappa shape index (κ2) is 4.26. The molecule has 0 fully saturated rings. The highest BCUT2D eigenvalue weighted by atomic mass is 16.5. The van der Waals surface area contributed by atoms with Gasteiger partial charge in [0.1, 0.15) is 5.75 Å². The maximum Gasteiger partial charge on any atom is 0.267 e. The van der Waals surface area contributed by atoms with Gasteiger partial charge in [0.05, 0.1) is 12.8 Å². The maximum absolute atomic E-state index is 11.5. The van der Waals surface area contributed by atoms with Crippen molar-refractivity contribution in [2.45, 2.75) is 13.3 Å². The molecule has 0 spiro atoms. The number of ether oxygens (including phenoxy) is 1. The molecular formula is C12H14N2O2. The summed E-state index contributed by atoms with van der Waals surface area (Å²) in [5, 5.41) is 2.77. The Hall–Kier alpha value is -1.97. The minimum atomic E-state index is -0.0293. The topological polar surface area (TPSA) is 47.0 Å². The van der Waals surface area contributed by atoms with Gasteiger partial charge in [0.15, 0.2) is 0 Å². The van der Waals surface area contributed by atoms with Crippen molar-refractivity contribution in [1.82, 2.24) is 9.78 Å². The molecule has 0 unspecified atom stereocenters. The average molecular weight is 218 g/mol. The molecule has 0 saturated heterocycles. The minimum Gasteiger partial charge on any atom is -0.497 e. The first-order valence-corrected chi connectivity index (χ1v) is 5.19. The number of nitrogens with one attached hydrogen (secondary N) is 1. The van der Waals surface area contributed by atoms with E-state index in [1.807, 2.05) is 37.4 Å². The second-order valence-electron chi connectivity index (χ2n) is 3.52. The lowest BCUT2D eigenvalue weighted by atomic mass is 10.3. The Bertz CT molecular complexity index is 523. The van der Waals surface area contributed by atoms with E-state index in [1.165, 1.54) is 0 Å². The highest BCUT2D eigenvalue weighted by Crippen LogP contribution is 2.13. The summed E-state index contributed by atoms with van der Waals surface area (Å²) in [6, 6.07) is 7.51. The summed E-state index contributed by atoms with van der Waals surface area (Å²) < 4.78 is 6.80. The lowest BCUT2D eigenvalue weighted by Crippen LogP contribution is -2.06. The van der Waals surface area contributed by atoms with Gasteiger partial charge in [-0.2, -0.15) is 0 Å². The van der Waals surface area contributed by atoms with Crippen molar-refractivity contribution in [3.63, 3.8) is 0 Å². The van der Waals surface area contributed by atoms with Gasteiger partial charge < -0.3 is 4.74 Å². The standard InChI is InChI=1S/C12H14N2O2/c1-3-9-8-14(13-12(9)15)10-4-6-11(16-2)7-5-10/h4-8H,3H2,1-2H3,(H,13,15). The molecular weight excluding hydrogens is 204 g/mol. The highest BCUT2D eigenvalue weighted by Gasteiger charge is 2.03. The van der Waals surface area contributed by atoms with E-state index in [1.54, 1.807) is 11.8 Å². The number of aromatic nitrogens is 2. The molecule has 0 aliphatic rings. The SMILES string of the molecule is CCc1cn(-c2ccc(OC)cc2)[nH]c1=O. The third-order valence-electron chi connectivity index (χ3n) is 2.53. The van der Waals surface area contributed by atoms with Crippen LogP contribution in [-0.2, 0) is 6.42 Å². The predicted molar refractivity (Wildman–Crippen MR) is 62.3 cm³/mol. The number of nitrogens with zero attached hydrogens (tertiary/aromatic N) is 1. The summed E-state index contributed by atoms with van der Waals surface area (Å²) >= 11 is 0. The Morgan fingerprint density at radius 2 is 2.00 bits per heavy atom. The van der Waals surface area contributed by atoms with Crippen LogP contribution in [0.3, 0.4) is 0 Å². The Kier molecular flexibility index (Phi) is 2.81. The number of aromatic amines is 1. The van der Waals surface area contributed by atoms with Crippen LogP contribution >= 0.6 is 0 Å². The molecule has 0 bridgehead atoms. The van der Waals surface area contributed by atoms with Crippen molar-refractivity contribution >= 4 is 0 Å². The monoisotopic (exact) mass is 218 g/mol. The van der Waals surface area contributed by atoms with E-state index in [-0.39, 0.29) is 5.56 Å². The average Bonchev–Trinajstić information content (AvgIpc) is 2.71. The summed E-state index contributed by atoms with van der Waals surface area (Å²) in [5.74, 6) is 0.800. The molecule has 0 amide bonds. The molecule has 4 heteroatoms. The Balaban J connectivity index is 2.38. The van der Waals surface area contributed by atoms with Gasteiger partial charge in [-0.05, 0) is 30.7 Å². The van der Waals surface area contributed by atoms with E-state index in [0.717, 1.165) is 23.4 Å². The van der Waals surface area contributed by atoms with E-state index >= 15 is 0 Å². The molecule has 1 aromatic heterocycles. The molecule has 2 aromatic rings. The third kappa shape index (κ3) is 1.86. The molecule has 4 nitrogen and oxygen atoms in total. The predicted octanol–water partition coefficient (Wildman–Crippen LogP) is 1.74. The normalized spacial score (nSPS) is 10.4. The van der Waals surface area contributed by atoms with E-state index in [4.69, 9.17) is 4.74 Å². The number of hydrogen-bond acceptors (Lipinski definition) is 2. The zero-order chi connectivity index (χ0) is 11.5. The Morgan fingerprint density at radius 3 is 2.50 bits per heavy atom. The molecule has 0 aliphatic carbocycles. The lowest BCUT2D eigenvalue weighted by Gasteiger charge is -2.03. The quantitative estimate of drug-likeness (QED) is 0.853. The van der Waals surface area contributed by atoms with Gasteiger partial charge in [-0.25, -0.2) is 0 Å². The van der Waals surface area contributed by atoms with Gasteiger partial charge in [0.2, 0.25) is 0 Å². The highest BCUT2D eigenvalue weighted by molar-refractivity contribution is 5.37. The van der Waals surface area contributed by atoms with E-state index in [9.17, 15) is 4.79 Å². The van der Waals surface area contributed by atoms with Crippen LogP contribution in [-0.4, -0.2) is 16.9 Å². The number of hydrogen-bond donors (Lipinski definition) is 1. The fourth-order valence-electron chi connectivity index (χ4n) is 1.56. The van der Waals surface area contributed by atoms with Crippen LogP contribution in [0.5, 0.6) is 5.75 Å². The van der Waals surface area contributed by atoms with Crippen molar-refractivity contribution < 1.29 is 4.74 Å². The second-order valence-corrected chi connectivity index (χ2v) is 3.52. The summed E-state index contributed by atoms with van der Waals surface area (Å²) in [7, 11) is 1.63. The van der Waals surface area contributed by atoms with Crippen LogP contribution < -0.4 is 10.3 Å². The van der Waals surface area contributed by atoms with Crippen LogP contribution in [0.15, 0.2) is 35.3 Å². The first kappa shape index (κ1) is 10.5. The number of H-pyrrole nitrogens is 1. The molecule has 1 N–H and O–H groups in total. The third-order valence-corrected chi connectivity index (χ3v) is 2.53. The smallest absolute Gasteiger partial charge is 0.267 e. The van der Waals surface area contributed by atoms with Gasteiger partial charge in [-0.3, -0.25) is 14.6 Å². The first-order valence-electron chi connectivity index (χ1n) is 5.19. The van der Waals surface area contributed by atoms with Crippen molar-refractivity contribution in [1.29, 1.82) is 0 Å². The van der Waals surface area contributed by atoms with Crippen LogP contribution in [0.1, 0.15) is 12.5 Å². The molecule has 2 rings (SSSR count). The van der Waals surface area contributed by atoms with Gasteiger partial charge in [0, 0.05) is 11.8 Å². The minimum absolute atomic E-state index is 0.0293. The lowest BCUT2D eigenvalue weighted by molar-refractivity contribution is 0.414. The largest absolute Gasteiger partial charge is 0.497 e. The van der Waals surface area contributed by atoms with Crippen molar-refractivity contribution in [3.05, 3.63) is 46.4 Å². The van der Waals surface area contributed by atoms with Crippen molar-refractivity contribution in [2.75, 3.05) is 7.11 Å². The van der Waals surface area contributed by atoms with Crippen LogP contribution in [0.25, 0.3) is 5.69 Å². The number of aryl methyl sites for hydroxylation is 1. The number of benzene rings is 1. The molecule has 84 valence electrons. The maximum atomic E-state index is 11.5. The fourth-order valence-corrected chi connectivity index (χ4v) is 1.56. The zero-order valence-corrected chi connectivity index (χ0v) is 9.36. The molecule has 1 aromatic carbocycles. The van der Waals surface area contributed by atoms with Crippen LogP contribution in [0, 0.1) is 0 Å². The zero-order valence-electron chi connectivity index (χ0n) is 9.36.